The highest BCUT2D eigenvalue weighted by atomic mass is 35.5. The number of hydrogen-bond acceptors (Lipinski definition) is 5. The van der Waals surface area contributed by atoms with Crippen LogP contribution >= 0.6 is 12.4 Å². The zero-order valence-corrected chi connectivity index (χ0v) is 11.1. The zero-order chi connectivity index (χ0) is 12.1. The Bertz CT molecular complexity index is 552. The summed E-state index contributed by atoms with van der Waals surface area (Å²) < 4.78 is 5.39. The minimum absolute atomic E-state index is 0. The topological polar surface area (TPSA) is 93.6 Å². The molecule has 0 spiro atoms. The van der Waals surface area contributed by atoms with E-state index in [1.165, 1.54) is 19.3 Å². The summed E-state index contributed by atoms with van der Waals surface area (Å²) in [7, 11) is 0. The van der Waals surface area contributed by atoms with Gasteiger partial charge in [0.25, 0.3) is 0 Å². The van der Waals surface area contributed by atoms with E-state index in [2.05, 4.69) is 20.1 Å². The lowest BCUT2D eigenvalue weighted by Gasteiger charge is -2.24. The maximum atomic E-state index is 6.27. The van der Waals surface area contributed by atoms with Crippen LogP contribution in [0, 0.1) is 11.8 Å². The van der Waals surface area contributed by atoms with Gasteiger partial charge in [0.1, 0.15) is 0 Å². The van der Waals surface area contributed by atoms with E-state index in [1.54, 1.807) is 12.4 Å². The van der Waals surface area contributed by atoms with Gasteiger partial charge in [-0.25, -0.2) is 4.98 Å². The third kappa shape index (κ3) is 1.86. The normalized spacial score (nSPS) is 32.5. The van der Waals surface area contributed by atoms with Crippen LogP contribution in [-0.4, -0.2) is 26.2 Å². The van der Waals surface area contributed by atoms with Crippen LogP contribution in [-0.2, 0) is 0 Å². The molecule has 0 aromatic carbocycles. The van der Waals surface area contributed by atoms with Crippen LogP contribution in [0.4, 0.5) is 0 Å². The molecule has 2 aromatic heterocycles. The van der Waals surface area contributed by atoms with E-state index in [1.807, 2.05) is 0 Å². The fourth-order valence-electron chi connectivity index (χ4n) is 3.56. The molecule has 0 aliphatic heterocycles. The first-order valence-corrected chi connectivity index (χ1v) is 6.42. The van der Waals surface area contributed by atoms with Gasteiger partial charge in [0, 0.05) is 18.4 Å². The molecule has 2 fully saturated rings. The SMILES string of the molecule is Cl.NC1C2CCC(C2)C1c1nc(-c2ncc[nH]2)no1. The van der Waals surface area contributed by atoms with Crippen molar-refractivity contribution in [1.82, 2.24) is 20.1 Å². The Morgan fingerprint density at radius 1 is 1.32 bits per heavy atom. The molecule has 19 heavy (non-hydrogen) atoms. The maximum Gasteiger partial charge on any atom is 0.238 e. The maximum absolute atomic E-state index is 6.27. The molecule has 4 unspecified atom stereocenters. The first kappa shape index (κ1) is 12.6. The van der Waals surface area contributed by atoms with E-state index >= 15 is 0 Å². The van der Waals surface area contributed by atoms with Gasteiger partial charge < -0.3 is 15.2 Å². The van der Waals surface area contributed by atoms with Crippen LogP contribution in [0.2, 0.25) is 0 Å². The molecule has 2 aliphatic rings. The molecule has 0 radical (unpaired) electrons. The molecule has 4 atom stereocenters. The number of nitrogens with one attached hydrogen (secondary N) is 1. The van der Waals surface area contributed by atoms with Gasteiger partial charge >= 0.3 is 0 Å². The van der Waals surface area contributed by atoms with E-state index in [-0.39, 0.29) is 24.4 Å². The number of rotatable bonds is 2. The number of nitrogens with zero attached hydrogens (tertiary/aromatic N) is 3. The molecule has 2 heterocycles. The first-order valence-electron chi connectivity index (χ1n) is 6.42. The molecule has 2 aliphatic carbocycles. The molecule has 0 amide bonds. The van der Waals surface area contributed by atoms with Gasteiger partial charge in [-0.05, 0) is 31.1 Å². The summed E-state index contributed by atoms with van der Waals surface area (Å²) in [5.41, 5.74) is 6.27. The summed E-state index contributed by atoms with van der Waals surface area (Å²) in [6, 6.07) is 0.175. The van der Waals surface area contributed by atoms with E-state index in [0.29, 0.717) is 29.4 Å². The predicted molar refractivity (Wildman–Crippen MR) is 70.7 cm³/mol. The summed E-state index contributed by atoms with van der Waals surface area (Å²) in [5.74, 6) is 3.33. The Labute approximate surface area is 116 Å². The summed E-state index contributed by atoms with van der Waals surface area (Å²) in [4.78, 5) is 11.5. The van der Waals surface area contributed by atoms with Crippen LogP contribution in [0.3, 0.4) is 0 Å². The Kier molecular flexibility index (Phi) is 3.06. The quantitative estimate of drug-likeness (QED) is 0.874. The molecule has 2 saturated carbocycles. The zero-order valence-electron chi connectivity index (χ0n) is 10.3. The summed E-state index contributed by atoms with van der Waals surface area (Å²) in [6.07, 6.45) is 7.12. The van der Waals surface area contributed by atoms with Crippen molar-refractivity contribution in [3.05, 3.63) is 18.3 Å². The molecule has 4 rings (SSSR count). The average Bonchev–Trinajstić information content (AvgIpc) is 3.13. The number of hydrogen-bond donors (Lipinski definition) is 2. The van der Waals surface area contributed by atoms with Crippen LogP contribution in [0.1, 0.15) is 31.1 Å². The summed E-state index contributed by atoms with van der Waals surface area (Å²) in [5, 5.41) is 3.99. The average molecular weight is 282 g/mol. The Hall–Kier alpha value is -1.40. The van der Waals surface area contributed by atoms with Crippen molar-refractivity contribution in [2.75, 3.05) is 0 Å². The highest BCUT2D eigenvalue weighted by Crippen LogP contribution is 2.51. The molecule has 7 heteroatoms. The van der Waals surface area contributed by atoms with Crippen molar-refractivity contribution in [3.63, 3.8) is 0 Å². The van der Waals surface area contributed by atoms with Crippen molar-refractivity contribution >= 4 is 12.4 Å². The van der Waals surface area contributed by atoms with Crippen molar-refractivity contribution < 1.29 is 4.52 Å². The third-order valence-corrected chi connectivity index (χ3v) is 4.42. The van der Waals surface area contributed by atoms with Gasteiger partial charge in [0.05, 0.1) is 5.92 Å². The molecule has 2 bridgehead atoms. The second-order valence-corrected chi connectivity index (χ2v) is 5.33. The van der Waals surface area contributed by atoms with Gasteiger partial charge in [-0.2, -0.15) is 4.98 Å². The minimum Gasteiger partial charge on any atom is -0.342 e. The van der Waals surface area contributed by atoms with Gasteiger partial charge in [-0.1, -0.05) is 5.16 Å². The Balaban J connectivity index is 0.00000110. The molecule has 102 valence electrons. The molecular weight excluding hydrogens is 266 g/mol. The van der Waals surface area contributed by atoms with E-state index in [9.17, 15) is 0 Å². The van der Waals surface area contributed by atoms with Crippen LogP contribution in [0.15, 0.2) is 16.9 Å². The fraction of sp³-hybridized carbons (Fsp3) is 0.583. The largest absolute Gasteiger partial charge is 0.342 e. The van der Waals surface area contributed by atoms with Crippen molar-refractivity contribution in [2.24, 2.45) is 17.6 Å². The van der Waals surface area contributed by atoms with Gasteiger partial charge in [0.2, 0.25) is 11.7 Å². The van der Waals surface area contributed by atoms with Gasteiger partial charge in [-0.15, -0.1) is 12.4 Å². The number of H-pyrrole nitrogens is 1. The van der Waals surface area contributed by atoms with E-state index < -0.39 is 0 Å². The second kappa shape index (κ2) is 4.61. The number of aromatic nitrogens is 4. The van der Waals surface area contributed by atoms with Crippen molar-refractivity contribution in [1.29, 1.82) is 0 Å². The first-order chi connectivity index (χ1) is 8.83. The van der Waals surface area contributed by atoms with Crippen molar-refractivity contribution in [3.8, 4) is 11.6 Å². The monoisotopic (exact) mass is 281 g/mol. The number of halogens is 1. The minimum atomic E-state index is 0. The van der Waals surface area contributed by atoms with Crippen molar-refractivity contribution in [2.45, 2.75) is 31.2 Å². The number of aromatic amines is 1. The van der Waals surface area contributed by atoms with Gasteiger partial charge in [0.15, 0.2) is 5.82 Å². The van der Waals surface area contributed by atoms with E-state index in [4.69, 9.17) is 10.3 Å². The standard InChI is InChI=1S/C12H15N5O.ClH/c13-9-7-2-1-6(5-7)8(9)12-16-11(17-18-12)10-14-3-4-15-10;/h3-4,6-9H,1-2,5,13H2,(H,14,15);1H. The van der Waals surface area contributed by atoms with E-state index in [0.717, 1.165) is 0 Å². The highest BCUT2D eigenvalue weighted by molar-refractivity contribution is 5.85. The van der Waals surface area contributed by atoms with Crippen LogP contribution in [0.25, 0.3) is 11.6 Å². The lowest BCUT2D eigenvalue weighted by molar-refractivity contribution is 0.279. The number of imidazole rings is 1. The third-order valence-electron chi connectivity index (χ3n) is 4.42. The molecule has 3 N–H and O–H groups in total. The number of nitrogens with two attached hydrogens (primary N) is 1. The lowest BCUT2D eigenvalue weighted by Crippen LogP contribution is -2.34. The lowest BCUT2D eigenvalue weighted by atomic mass is 9.85. The molecular formula is C12H16ClN5O. The summed E-state index contributed by atoms with van der Waals surface area (Å²) in [6.45, 7) is 0. The van der Waals surface area contributed by atoms with Gasteiger partial charge in [-0.3, -0.25) is 0 Å². The molecule has 0 saturated heterocycles. The second-order valence-electron chi connectivity index (χ2n) is 5.33. The fourth-order valence-corrected chi connectivity index (χ4v) is 3.56. The Morgan fingerprint density at radius 3 is 2.84 bits per heavy atom. The number of fused-ring (bicyclic) bond motifs is 2. The Morgan fingerprint density at radius 2 is 2.16 bits per heavy atom. The molecule has 2 aromatic rings. The predicted octanol–water partition coefficient (Wildman–Crippen LogP) is 1.72. The summed E-state index contributed by atoms with van der Waals surface area (Å²) >= 11 is 0. The van der Waals surface area contributed by atoms with Crippen LogP contribution in [0.5, 0.6) is 0 Å². The van der Waals surface area contributed by atoms with Crippen LogP contribution < -0.4 is 5.73 Å². The smallest absolute Gasteiger partial charge is 0.238 e. The highest BCUT2D eigenvalue weighted by Gasteiger charge is 2.48. The molecule has 6 nitrogen and oxygen atoms in total.